The summed E-state index contributed by atoms with van der Waals surface area (Å²) in [6, 6.07) is 14.4. The van der Waals surface area contributed by atoms with Gasteiger partial charge in [-0.3, -0.25) is 4.79 Å². The summed E-state index contributed by atoms with van der Waals surface area (Å²) in [5.74, 6) is 0. The Labute approximate surface area is 120 Å². The van der Waals surface area contributed by atoms with Crippen molar-refractivity contribution in [3.63, 3.8) is 0 Å². The number of halogens is 1. The lowest BCUT2D eigenvalue weighted by Crippen LogP contribution is -2.16. The monoisotopic (exact) mass is 283 g/mol. The van der Waals surface area contributed by atoms with Gasteiger partial charge in [-0.15, -0.1) is 0 Å². The second kappa shape index (κ2) is 5.27. The number of para-hydroxylation sites is 1. The largest absolute Gasteiger partial charge is 0.281 e. The fourth-order valence-electron chi connectivity index (χ4n) is 1.86. The van der Waals surface area contributed by atoms with Crippen LogP contribution in [-0.4, -0.2) is 15.9 Å². The van der Waals surface area contributed by atoms with Gasteiger partial charge in [0.05, 0.1) is 17.1 Å². The van der Waals surface area contributed by atoms with Crippen LogP contribution in [0, 0.1) is 0 Å². The van der Waals surface area contributed by atoms with Gasteiger partial charge in [-0.25, -0.2) is 4.98 Å². The van der Waals surface area contributed by atoms with Gasteiger partial charge in [0.1, 0.15) is 6.33 Å². The molecule has 98 valence electrons. The maximum absolute atomic E-state index is 12.2. The molecule has 3 aromatic rings. The van der Waals surface area contributed by atoms with Crippen LogP contribution in [0.3, 0.4) is 0 Å². The van der Waals surface area contributed by atoms with Gasteiger partial charge in [0, 0.05) is 5.02 Å². The lowest BCUT2D eigenvalue weighted by molar-refractivity contribution is 0.817. The van der Waals surface area contributed by atoms with Crippen LogP contribution in [0.15, 0.2) is 64.8 Å². The van der Waals surface area contributed by atoms with Crippen molar-refractivity contribution < 1.29 is 0 Å². The molecule has 0 atom stereocenters. The first kappa shape index (κ1) is 12.6. The molecule has 0 saturated heterocycles. The molecule has 0 aliphatic carbocycles. The molecule has 1 heterocycles. The van der Waals surface area contributed by atoms with E-state index >= 15 is 0 Å². The molecule has 0 bridgehead atoms. The van der Waals surface area contributed by atoms with Crippen LogP contribution in [-0.2, 0) is 0 Å². The highest BCUT2D eigenvalue weighted by atomic mass is 35.5. The molecule has 3 rings (SSSR count). The minimum atomic E-state index is -0.200. The Hall–Kier alpha value is -2.46. The van der Waals surface area contributed by atoms with Gasteiger partial charge in [-0.1, -0.05) is 35.9 Å². The molecule has 5 heteroatoms. The average Bonchev–Trinajstić information content (AvgIpc) is 2.47. The standard InChI is InChI=1S/C15H10ClN3O/c16-12-5-3-4-11(8-12)9-18-19-10-17-14-7-2-1-6-13(14)15(19)20/h1-10H. The summed E-state index contributed by atoms with van der Waals surface area (Å²) < 4.78 is 1.21. The van der Waals surface area contributed by atoms with Crippen molar-refractivity contribution in [2.45, 2.75) is 0 Å². The summed E-state index contributed by atoms with van der Waals surface area (Å²) in [5, 5.41) is 5.29. The van der Waals surface area contributed by atoms with E-state index < -0.39 is 0 Å². The van der Waals surface area contributed by atoms with E-state index in [0.717, 1.165) is 5.56 Å². The van der Waals surface area contributed by atoms with Crippen LogP contribution in [0.2, 0.25) is 5.02 Å². The van der Waals surface area contributed by atoms with Crippen molar-refractivity contribution in [1.29, 1.82) is 0 Å². The van der Waals surface area contributed by atoms with Crippen molar-refractivity contribution in [2.24, 2.45) is 5.10 Å². The fraction of sp³-hybridized carbons (Fsp3) is 0. The van der Waals surface area contributed by atoms with E-state index in [9.17, 15) is 4.79 Å². The number of hydrogen-bond acceptors (Lipinski definition) is 3. The molecule has 0 fully saturated rings. The Morgan fingerprint density at radius 1 is 1.15 bits per heavy atom. The molecular formula is C15H10ClN3O. The summed E-state index contributed by atoms with van der Waals surface area (Å²) in [6.07, 6.45) is 2.98. The van der Waals surface area contributed by atoms with Crippen LogP contribution in [0.5, 0.6) is 0 Å². The second-order valence-electron chi connectivity index (χ2n) is 4.21. The quantitative estimate of drug-likeness (QED) is 0.679. The third kappa shape index (κ3) is 2.46. The SMILES string of the molecule is O=c1c2ccccc2ncn1N=Cc1cccc(Cl)c1. The molecule has 20 heavy (non-hydrogen) atoms. The summed E-state index contributed by atoms with van der Waals surface area (Å²) in [7, 11) is 0. The number of rotatable bonds is 2. The molecule has 0 saturated carbocycles. The molecule has 0 unspecified atom stereocenters. The third-order valence-electron chi connectivity index (χ3n) is 2.83. The van der Waals surface area contributed by atoms with Gasteiger partial charge in [0.15, 0.2) is 0 Å². The molecule has 0 radical (unpaired) electrons. The van der Waals surface area contributed by atoms with Crippen molar-refractivity contribution in [1.82, 2.24) is 9.66 Å². The Morgan fingerprint density at radius 3 is 2.85 bits per heavy atom. The summed E-state index contributed by atoms with van der Waals surface area (Å²) in [6.45, 7) is 0. The van der Waals surface area contributed by atoms with E-state index in [1.165, 1.54) is 11.0 Å². The summed E-state index contributed by atoms with van der Waals surface area (Å²) >= 11 is 5.89. The van der Waals surface area contributed by atoms with E-state index in [1.807, 2.05) is 18.2 Å². The summed E-state index contributed by atoms with van der Waals surface area (Å²) in [5.41, 5.74) is 1.28. The van der Waals surface area contributed by atoms with Crippen LogP contribution in [0.4, 0.5) is 0 Å². The molecule has 0 amide bonds. The zero-order valence-electron chi connectivity index (χ0n) is 10.4. The average molecular weight is 284 g/mol. The van der Waals surface area contributed by atoms with E-state index in [2.05, 4.69) is 10.1 Å². The number of fused-ring (bicyclic) bond motifs is 1. The van der Waals surface area contributed by atoms with Crippen molar-refractivity contribution in [2.75, 3.05) is 0 Å². The number of benzene rings is 2. The van der Waals surface area contributed by atoms with E-state index in [-0.39, 0.29) is 5.56 Å². The first-order valence-corrected chi connectivity index (χ1v) is 6.38. The van der Waals surface area contributed by atoms with Gasteiger partial charge in [-0.05, 0) is 29.8 Å². The lowest BCUT2D eigenvalue weighted by Gasteiger charge is -2.00. The molecular weight excluding hydrogens is 274 g/mol. The van der Waals surface area contributed by atoms with Crippen LogP contribution in [0.1, 0.15) is 5.56 Å². The minimum absolute atomic E-state index is 0.200. The van der Waals surface area contributed by atoms with Crippen LogP contribution in [0.25, 0.3) is 10.9 Å². The number of aromatic nitrogens is 2. The van der Waals surface area contributed by atoms with Crippen molar-refractivity contribution in [3.8, 4) is 0 Å². The molecule has 0 aliphatic rings. The van der Waals surface area contributed by atoms with Crippen molar-refractivity contribution in [3.05, 3.63) is 75.8 Å². The van der Waals surface area contributed by atoms with E-state index in [1.54, 1.807) is 36.5 Å². The number of nitrogens with zero attached hydrogens (tertiary/aromatic N) is 3. The lowest BCUT2D eigenvalue weighted by atomic mass is 10.2. The zero-order valence-corrected chi connectivity index (χ0v) is 11.2. The predicted molar refractivity (Wildman–Crippen MR) is 80.4 cm³/mol. The Morgan fingerprint density at radius 2 is 2.00 bits per heavy atom. The molecule has 1 aromatic heterocycles. The first-order valence-electron chi connectivity index (χ1n) is 6.00. The molecule has 2 aromatic carbocycles. The van der Waals surface area contributed by atoms with E-state index in [0.29, 0.717) is 15.9 Å². The predicted octanol–water partition coefficient (Wildman–Crippen LogP) is 2.93. The molecule has 0 N–H and O–H groups in total. The highest BCUT2D eigenvalue weighted by Gasteiger charge is 2.01. The Bertz CT molecular complexity index is 855. The summed E-state index contributed by atoms with van der Waals surface area (Å²) in [4.78, 5) is 16.4. The second-order valence-corrected chi connectivity index (χ2v) is 4.65. The van der Waals surface area contributed by atoms with Gasteiger partial charge in [0.2, 0.25) is 0 Å². The Balaban J connectivity index is 2.03. The smallest absolute Gasteiger partial charge is 0.267 e. The van der Waals surface area contributed by atoms with Gasteiger partial charge < -0.3 is 0 Å². The zero-order chi connectivity index (χ0) is 13.9. The van der Waals surface area contributed by atoms with Gasteiger partial charge in [0.25, 0.3) is 5.56 Å². The van der Waals surface area contributed by atoms with E-state index in [4.69, 9.17) is 11.6 Å². The highest BCUT2D eigenvalue weighted by Crippen LogP contribution is 2.09. The van der Waals surface area contributed by atoms with Gasteiger partial charge in [-0.2, -0.15) is 9.78 Å². The minimum Gasteiger partial charge on any atom is -0.267 e. The van der Waals surface area contributed by atoms with Crippen LogP contribution < -0.4 is 5.56 Å². The number of hydrogen-bond donors (Lipinski definition) is 0. The maximum atomic E-state index is 12.2. The third-order valence-corrected chi connectivity index (χ3v) is 3.06. The maximum Gasteiger partial charge on any atom is 0.281 e. The Kier molecular flexibility index (Phi) is 3.31. The first-order chi connectivity index (χ1) is 9.74. The molecule has 0 aliphatic heterocycles. The molecule has 4 nitrogen and oxygen atoms in total. The van der Waals surface area contributed by atoms with Crippen LogP contribution >= 0.6 is 11.6 Å². The molecule has 0 spiro atoms. The topological polar surface area (TPSA) is 47.2 Å². The highest BCUT2D eigenvalue weighted by molar-refractivity contribution is 6.30. The normalized spacial score (nSPS) is 11.2. The fourth-order valence-corrected chi connectivity index (χ4v) is 2.06. The van der Waals surface area contributed by atoms with Gasteiger partial charge >= 0.3 is 0 Å². The van der Waals surface area contributed by atoms with Crippen molar-refractivity contribution >= 4 is 28.7 Å².